The van der Waals surface area contributed by atoms with Crippen LogP contribution in [0, 0.1) is 6.92 Å². The van der Waals surface area contributed by atoms with Crippen LogP contribution in [0.4, 0.5) is 23.1 Å². The first-order valence-electron chi connectivity index (χ1n) is 8.49. The number of piperidine rings is 1. The lowest BCUT2D eigenvalue weighted by atomic mass is 10.1. The van der Waals surface area contributed by atoms with Gasteiger partial charge in [0.15, 0.2) is 11.6 Å². The number of rotatable bonds is 6. The summed E-state index contributed by atoms with van der Waals surface area (Å²) in [6.45, 7) is 6.20. The van der Waals surface area contributed by atoms with E-state index in [0.717, 1.165) is 18.7 Å². The third-order valence-corrected chi connectivity index (χ3v) is 4.21. The monoisotopic (exact) mass is 327 g/mol. The predicted molar refractivity (Wildman–Crippen MR) is 97.5 cm³/mol. The van der Waals surface area contributed by atoms with Crippen LogP contribution >= 0.6 is 0 Å². The summed E-state index contributed by atoms with van der Waals surface area (Å²) >= 11 is 0. The SMILES string of the molecule is Cc1ccc(Nc2ncnc(NCCN3CCCCC3)c2N)nc1. The molecule has 0 aromatic carbocycles. The number of nitrogen functional groups attached to an aromatic ring is 1. The summed E-state index contributed by atoms with van der Waals surface area (Å²) in [7, 11) is 0. The maximum absolute atomic E-state index is 6.19. The highest BCUT2D eigenvalue weighted by atomic mass is 15.2. The molecule has 0 radical (unpaired) electrons. The van der Waals surface area contributed by atoms with Crippen molar-refractivity contribution in [2.45, 2.75) is 26.2 Å². The molecule has 7 heteroatoms. The molecule has 1 fully saturated rings. The zero-order chi connectivity index (χ0) is 16.8. The van der Waals surface area contributed by atoms with Crippen LogP contribution in [0.2, 0.25) is 0 Å². The Hall–Kier alpha value is -2.41. The van der Waals surface area contributed by atoms with Crippen LogP contribution in [0.1, 0.15) is 24.8 Å². The number of nitrogens with zero attached hydrogens (tertiary/aromatic N) is 4. The molecule has 0 atom stereocenters. The maximum atomic E-state index is 6.19. The van der Waals surface area contributed by atoms with Gasteiger partial charge in [-0.2, -0.15) is 0 Å². The van der Waals surface area contributed by atoms with E-state index in [-0.39, 0.29) is 0 Å². The minimum atomic E-state index is 0.513. The number of anilines is 4. The van der Waals surface area contributed by atoms with Crippen molar-refractivity contribution in [3.63, 3.8) is 0 Å². The number of hydrogen-bond acceptors (Lipinski definition) is 7. The molecule has 128 valence electrons. The Morgan fingerprint density at radius 1 is 1.08 bits per heavy atom. The molecular formula is C17H25N7. The van der Waals surface area contributed by atoms with Gasteiger partial charge in [0.25, 0.3) is 0 Å². The van der Waals surface area contributed by atoms with Crippen LogP contribution in [-0.4, -0.2) is 46.0 Å². The molecule has 1 aliphatic rings. The lowest BCUT2D eigenvalue weighted by Gasteiger charge is -2.26. The number of hydrogen-bond donors (Lipinski definition) is 3. The molecule has 2 aromatic rings. The van der Waals surface area contributed by atoms with Crippen molar-refractivity contribution in [3.05, 3.63) is 30.2 Å². The van der Waals surface area contributed by atoms with Gasteiger partial charge in [-0.15, -0.1) is 0 Å². The van der Waals surface area contributed by atoms with Gasteiger partial charge in [0.1, 0.15) is 17.8 Å². The quantitative estimate of drug-likeness (QED) is 0.750. The second-order valence-corrected chi connectivity index (χ2v) is 6.16. The molecule has 1 aliphatic heterocycles. The minimum Gasteiger partial charge on any atom is -0.393 e. The van der Waals surface area contributed by atoms with Crippen molar-refractivity contribution in [1.82, 2.24) is 19.9 Å². The number of likely N-dealkylation sites (tertiary alicyclic amines) is 1. The average Bonchev–Trinajstić information content (AvgIpc) is 2.61. The first-order valence-corrected chi connectivity index (χ1v) is 8.49. The van der Waals surface area contributed by atoms with Crippen molar-refractivity contribution in [1.29, 1.82) is 0 Å². The molecule has 24 heavy (non-hydrogen) atoms. The Labute approximate surface area is 142 Å². The third kappa shape index (κ3) is 4.32. The van der Waals surface area contributed by atoms with Gasteiger partial charge in [-0.25, -0.2) is 15.0 Å². The van der Waals surface area contributed by atoms with Crippen LogP contribution in [-0.2, 0) is 0 Å². The average molecular weight is 327 g/mol. The Morgan fingerprint density at radius 3 is 2.62 bits per heavy atom. The Bertz CT molecular complexity index is 650. The topological polar surface area (TPSA) is 92.0 Å². The maximum Gasteiger partial charge on any atom is 0.160 e. The van der Waals surface area contributed by atoms with Gasteiger partial charge in [0.05, 0.1) is 0 Å². The minimum absolute atomic E-state index is 0.513. The van der Waals surface area contributed by atoms with E-state index in [4.69, 9.17) is 5.73 Å². The Kier molecular flexibility index (Phi) is 5.43. The number of nitrogens with two attached hydrogens (primary N) is 1. The molecule has 3 heterocycles. The van der Waals surface area contributed by atoms with Crippen molar-refractivity contribution in [2.75, 3.05) is 42.5 Å². The number of nitrogens with one attached hydrogen (secondary N) is 2. The van der Waals surface area contributed by atoms with E-state index in [2.05, 4.69) is 30.5 Å². The first-order chi connectivity index (χ1) is 11.7. The summed E-state index contributed by atoms with van der Waals surface area (Å²) in [5.74, 6) is 1.95. The lowest BCUT2D eigenvalue weighted by Crippen LogP contribution is -2.33. The fourth-order valence-electron chi connectivity index (χ4n) is 2.81. The Balaban J connectivity index is 1.59. The number of aryl methyl sites for hydroxylation is 1. The van der Waals surface area contributed by atoms with E-state index in [0.29, 0.717) is 23.1 Å². The highest BCUT2D eigenvalue weighted by Crippen LogP contribution is 2.24. The van der Waals surface area contributed by atoms with Gasteiger partial charge < -0.3 is 21.3 Å². The molecule has 1 saturated heterocycles. The standard InChI is InChI=1S/C17H25N7/c1-13-5-6-14(20-11-13)23-17-15(18)16(21-12-22-17)19-7-10-24-8-3-2-4-9-24/h5-6,11-12H,2-4,7-10,18H2,1H3,(H2,19,20,21,22,23). The molecular weight excluding hydrogens is 302 g/mol. The van der Waals surface area contributed by atoms with Crippen molar-refractivity contribution >= 4 is 23.1 Å². The van der Waals surface area contributed by atoms with E-state index in [1.54, 1.807) is 6.20 Å². The van der Waals surface area contributed by atoms with Gasteiger partial charge in [0, 0.05) is 19.3 Å². The molecule has 0 bridgehead atoms. The summed E-state index contributed by atoms with van der Waals surface area (Å²) in [6.07, 6.45) is 7.26. The molecule has 0 aliphatic carbocycles. The normalized spacial score (nSPS) is 15.2. The summed E-state index contributed by atoms with van der Waals surface area (Å²) in [4.78, 5) is 15.3. The van der Waals surface area contributed by atoms with E-state index in [1.165, 1.54) is 38.7 Å². The zero-order valence-electron chi connectivity index (χ0n) is 14.1. The van der Waals surface area contributed by atoms with Crippen molar-refractivity contribution in [2.24, 2.45) is 0 Å². The number of aromatic nitrogens is 3. The molecule has 0 spiro atoms. The van der Waals surface area contributed by atoms with Gasteiger partial charge in [-0.1, -0.05) is 12.5 Å². The molecule has 4 N–H and O–H groups in total. The second-order valence-electron chi connectivity index (χ2n) is 6.16. The molecule has 0 unspecified atom stereocenters. The summed E-state index contributed by atoms with van der Waals surface area (Å²) in [5, 5.41) is 6.46. The highest BCUT2D eigenvalue weighted by molar-refractivity contribution is 5.76. The Morgan fingerprint density at radius 2 is 1.88 bits per heavy atom. The summed E-state index contributed by atoms with van der Waals surface area (Å²) in [6, 6.07) is 3.89. The van der Waals surface area contributed by atoms with Crippen LogP contribution in [0.3, 0.4) is 0 Å². The van der Waals surface area contributed by atoms with Crippen LogP contribution in [0.25, 0.3) is 0 Å². The fraction of sp³-hybridized carbons (Fsp3) is 0.471. The van der Waals surface area contributed by atoms with E-state index in [1.807, 2.05) is 19.1 Å². The summed E-state index contributed by atoms with van der Waals surface area (Å²) < 4.78 is 0. The van der Waals surface area contributed by atoms with E-state index in [9.17, 15) is 0 Å². The molecule has 0 saturated carbocycles. The van der Waals surface area contributed by atoms with Gasteiger partial charge in [-0.05, 0) is 44.5 Å². The largest absolute Gasteiger partial charge is 0.393 e. The third-order valence-electron chi connectivity index (χ3n) is 4.21. The second kappa shape index (κ2) is 7.92. The predicted octanol–water partition coefficient (Wildman–Crippen LogP) is 2.40. The van der Waals surface area contributed by atoms with Crippen LogP contribution < -0.4 is 16.4 Å². The molecule has 7 nitrogen and oxygen atoms in total. The molecule has 0 amide bonds. The van der Waals surface area contributed by atoms with Crippen molar-refractivity contribution in [3.8, 4) is 0 Å². The zero-order valence-corrected chi connectivity index (χ0v) is 14.1. The van der Waals surface area contributed by atoms with Crippen LogP contribution in [0.15, 0.2) is 24.7 Å². The fourth-order valence-corrected chi connectivity index (χ4v) is 2.81. The number of pyridine rings is 1. The first kappa shape index (κ1) is 16.4. The smallest absolute Gasteiger partial charge is 0.160 e. The van der Waals surface area contributed by atoms with Crippen molar-refractivity contribution < 1.29 is 0 Å². The van der Waals surface area contributed by atoms with Gasteiger partial charge >= 0.3 is 0 Å². The summed E-state index contributed by atoms with van der Waals surface area (Å²) in [5.41, 5.74) is 7.81. The molecule has 2 aromatic heterocycles. The van der Waals surface area contributed by atoms with E-state index >= 15 is 0 Å². The van der Waals surface area contributed by atoms with Gasteiger partial charge in [0.2, 0.25) is 0 Å². The van der Waals surface area contributed by atoms with E-state index < -0.39 is 0 Å². The van der Waals surface area contributed by atoms with Crippen LogP contribution in [0.5, 0.6) is 0 Å². The van der Waals surface area contributed by atoms with Gasteiger partial charge in [-0.3, -0.25) is 0 Å². The highest BCUT2D eigenvalue weighted by Gasteiger charge is 2.11. The molecule has 3 rings (SSSR count). The lowest BCUT2D eigenvalue weighted by molar-refractivity contribution is 0.237.